The number of hydrogen-bond donors (Lipinski definition) is 1. The van der Waals surface area contributed by atoms with Crippen molar-refractivity contribution in [3.63, 3.8) is 0 Å². The molecule has 1 aliphatic heterocycles. The number of rotatable bonds is 3. The first kappa shape index (κ1) is 14.4. The molecular formula is C17H20BrN3. The van der Waals surface area contributed by atoms with Gasteiger partial charge in [-0.3, -0.25) is 0 Å². The molecule has 0 unspecified atom stereocenters. The fourth-order valence-corrected chi connectivity index (χ4v) is 3.40. The summed E-state index contributed by atoms with van der Waals surface area (Å²) in [4.78, 5) is 4.69. The summed E-state index contributed by atoms with van der Waals surface area (Å²) in [5.74, 6) is 0. The largest absolute Gasteiger partial charge is 0.371 e. The van der Waals surface area contributed by atoms with Gasteiger partial charge in [-0.1, -0.05) is 34.1 Å². The first-order valence-electron chi connectivity index (χ1n) is 7.27. The maximum absolute atomic E-state index is 5.65. The van der Waals surface area contributed by atoms with Gasteiger partial charge in [0.1, 0.15) is 0 Å². The van der Waals surface area contributed by atoms with E-state index in [9.17, 15) is 0 Å². The molecule has 0 saturated heterocycles. The minimum absolute atomic E-state index is 0.676. The average molecular weight is 346 g/mol. The molecule has 0 saturated carbocycles. The lowest BCUT2D eigenvalue weighted by molar-refractivity contribution is 0.821. The quantitative estimate of drug-likeness (QED) is 0.923. The second-order valence-electron chi connectivity index (χ2n) is 5.38. The van der Waals surface area contributed by atoms with Crippen molar-refractivity contribution in [2.45, 2.75) is 6.42 Å². The van der Waals surface area contributed by atoms with Crippen molar-refractivity contribution < 1.29 is 0 Å². The normalized spacial score (nSPS) is 14.2. The SMILES string of the molecule is CN1CCN(c2ccc(CCN)c(Br)c2)c2ccccc21. The Bertz CT molecular complexity index is 642. The average Bonchev–Trinajstić information content (AvgIpc) is 2.50. The maximum Gasteiger partial charge on any atom is 0.0649 e. The third-order valence-corrected chi connectivity index (χ3v) is 4.74. The Morgan fingerprint density at radius 2 is 1.86 bits per heavy atom. The monoisotopic (exact) mass is 345 g/mol. The minimum Gasteiger partial charge on any atom is -0.371 e. The van der Waals surface area contributed by atoms with E-state index < -0.39 is 0 Å². The van der Waals surface area contributed by atoms with Crippen LogP contribution in [0.2, 0.25) is 0 Å². The lowest BCUT2D eigenvalue weighted by Crippen LogP contribution is -2.36. The predicted octanol–water partition coefficient (Wildman–Crippen LogP) is 3.54. The van der Waals surface area contributed by atoms with E-state index in [0.717, 1.165) is 24.0 Å². The molecule has 0 aliphatic carbocycles. The van der Waals surface area contributed by atoms with E-state index in [1.807, 2.05) is 0 Å². The lowest BCUT2D eigenvalue weighted by atomic mass is 10.1. The van der Waals surface area contributed by atoms with Crippen LogP contribution in [-0.2, 0) is 6.42 Å². The summed E-state index contributed by atoms with van der Waals surface area (Å²) < 4.78 is 1.14. The molecule has 0 aromatic heterocycles. The van der Waals surface area contributed by atoms with Crippen molar-refractivity contribution in [3.8, 4) is 0 Å². The number of halogens is 1. The highest BCUT2D eigenvalue weighted by Gasteiger charge is 2.21. The van der Waals surface area contributed by atoms with Crippen LogP contribution >= 0.6 is 15.9 Å². The number of para-hydroxylation sites is 2. The van der Waals surface area contributed by atoms with E-state index in [2.05, 4.69) is 75.2 Å². The van der Waals surface area contributed by atoms with Gasteiger partial charge in [0.05, 0.1) is 11.4 Å². The zero-order valence-electron chi connectivity index (χ0n) is 12.2. The minimum atomic E-state index is 0.676. The fraction of sp³-hybridized carbons (Fsp3) is 0.294. The van der Waals surface area contributed by atoms with Gasteiger partial charge in [-0.25, -0.2) is 0 Å². The van der Waals surface area contributed by atoms with Crippen LogP contribution in [0.5, 0.6) is 0 Å². The van der Waals surface area contributed by atoms with E-state index in [-0.39, 0.29) is 0 Å². The molecule has 21 heavy (non-hydrogen) atoms. The molecule has 3 nitrogen and oxygen atoms in total. The van der Waals surface area contributed by atoms with Gasteiger partial charge in [0.15, 0.2) is 0 Å². The van der Waals surface area contributed by atoms with E-state index in [1.165, 1.54) is 22.6 Å². The molecule has 0 bridgehead atoms. The fourth-order valence-electron chi connectivity index (χ4n) is 2.84. The molecule has 1 aliphatic rings. The third kappa shape index (κ3) is 2.78. The first-order chi connectivity index (χ1) is 10.2. The number of anilines is 3. The molecule has 0 radical (unpaired) electrons. The number of hydrogen-bond acceptors (Lipinski definition) is 3. The van der Waals surface area contributed by atoms with Crippen LogP contribution in [0.15, 0.2) is 46.9 Å². The van der Waals surface area contributed by atoms with Crippen LogP contribution < -0.4 is 15.5 Å². The van der Waals surface area contributed by atoms with Gasteiger partial charge in [0, 0.05) is 30.3 Å². The van der Waals surface area contributed by atoms with Gasteiger partial charge in [-0.05, 0) is 42.8 Å². The zero-order valence-corrected chi connectivity index (χ0v) is 13.8. The molecule has 2 aromatic rings. The molecule has 110 valence electrons. The zero-order chi connectivity index (χ0) is 14.8. The molecular weight excluding hydrogens is 326 g/mol. The van der Waals surface area contributed by atoms with Crippen molar-refractivity contribution in [2.75, 3.05) is 36.5 Å². The van der Waals surface area contributed by atoms with Crippen LogP contribution in [-0.4, -0.2) is 26.7 Å². The van der Waals surface area contributed by atoms with Gasteiger partial charge in [-0.2, -0.15) is 0 Å². The summed E-state index contributed by atoms with van der Waals surface area (Å²) in [6.07, 6.45) is 0.903. The summed E-state index contributed by atoms with van der Waals surface area (Å²) in [6, 6.07) is 15.1. The molecule has 0 amide bonds. The second-order valence-corrected chi connectivity index (χ2v) is 6.23. The predicted molar refractivity (Wildman–Crippen MR) is 93.6 cm³/mol. The Kier molecular flexibility index (Phi) is 4.17. The molecule has 2 N–H and O–H groups in total. The molecule has 0 atom stereocenters. The second kappa shape index (κ2) is 6.08. The van der Waals surface area contributed by atoms with Gasteiger partial charge < -0.3 is 15.5 Å². The number of likely N-dealkylation sites (N-methyl/N-ethyl adjacent to an activating group) is 1. The van der Waals surface area contributed by atoms with Crippen LogP contribution in [0.3, 0.4) is 0 Å². The molecule has 3 rings (SSSR count). The van der Waals surface area contributed by atoms with Gasteiger partial charge >= 0.3 is 0 Å². The molecule has 0 fully saturated rings. The molecule has 0 spiro atoms. The van der Waals surface area contributed by atoms with Gasteiger partial charge in [0.25, 0.3) is 0 Å². The highest BCUT2D eigenvalue weighted by atomic mass is 79.9. The van der Waals surface area contributed by atoms with Gasteiger partial charge in [-0.15, -0.1) is 0 Å². The summed E-state index contributed by atoms with van der Waals surface area (Å²) in [5.41, 5.74) is 10.7. The van der Waals surface area contributed by atoms with E-state index in [0.29, 0.717) is 6.54 Å². The lowest BCUT2D eigenvalue weighted by Gasteiger charge is -2.37. The van der Waals surface area contributed by atoms with Crippen LogP contribution in [0.1, 0.15) is 5.56 Å². The summed E-state index contributed by atoms with van der Waals surface area (Å²) in [7, 11) is 2.15. The number of nitrogens with zero attached hydrogens (tertiary/aromatic N) is 2. The maximum atomic E-state index is 5.65. The summed E-state index contributed by atoms with van der Waals surface area (Å²) in [6.45, 7) is 2.70. The number of nitrogens with two attached hydrogens (primary N) is 1. The van der Waals surface area contributed by atoms with Crippen molar-refractivity contribution in [1.82, 2.24) is 0 Å². The summed E-state index contributed by atoms with van der Waals surface area (Å²) in [5, 5.41) is 0. The third-order valence-electron chi connectivity index (χ3n) is 4.00. The molecule has 1 heterocycles. The highest BCUT2D eigenvalue weighted by Crippen LogP contribution is 2.37. The first-order valence-corrected chi connectivity index (χ1v) is 8.06. The number of benzene rings is 2. The van der Waals surface area contributed by atoms with E-state index in [4.69, 9.17) is 5.73 Å². The standard InChI is InChI=1S/C17H20BrN3/c1-20-10-11-21(17-5-3-2-4-16(17)20)14-7-6-13(8-9-19)15(18)12-14/h2-7,12H,8-11,19H2,1H3. The van der Waals surface area contributed by atoms with Crippen LogP contribution in [0.4, 0.5) is 17.1 Å². The Balaban J connectivity index is 1.98. The van der Waals surface area contributed by atoms with Crippen molar-refractivity contribution in [3.05, 3.63) is 52.5 Å². The molecule has 4 heteroatoms. The van der Waals surface area contributed by atoms with E-state index >= 15 is 0 Å². The van der Waals surface area contributed by atoms with E-state index in [1.54, 1.807) is 0 Å². The Labute approximate surface area is 134 Å². The van der Waals surface area contributed by atoms with Crippen molar-refractivity contribution >= 4 is 33.0 Å². The number of fused-ring (bicyclic) bond motifs is 1. The Hall–Kier alpha value is -1.52. The van der Waals surface area contributed by atoms with Crippen LogP contribution in [0.25, 0.3) is 0 Å². The summed E-state index contributed by atoms with van der Waals surface area (Å²) >= 11 is 3.67. The van der Waals surface area contributed by atoms with Crippen molar-refractivity contribution in [2.24, 2.45) is 5.73 Å². The van der Waals surface area contributed by atoms with Crippen molar-refractivity contribution in [1.29, 1.82) is 0 Å². The van der Waals surface area contributed by atoms with Crippen LogP contribution in [0, 0.1) is 0 Å². The Morgan fingerprint density at radius 1 is 1.10 bits per heavy atom. The topological polar surface area (TPSA) is 32.5 Å². The smallest absolute Gasteiger partial charge is 0.0649 e. The van der Waals surface area contributed by atoms with Gasteiger partial charge in [0.2, 0.25) is 0 Å². The molecule has 2 aromatic carbocycles. The highest BCUT2D eigenvalue weighted by molar-refractivity contribution is 9.10. The Morgan fingerprint density at radius 3 is 2.57 bits per heavy atom.